The number of fused-ring (bicyclic) bond motifs is 7. The maximum absolute atomic E-state index is 10.3. The maximum Gasteiger partial charge on any atom is 0.171 e. The number of ether oxygens (including phenoxy) is 2. The first-order valence-electron chi connectivity index (χ1n) is 13.0. The Labute approximate surface area is 183 Å². The Balaban J connectivity index is 1.28. The van der Waals surface area contributed by atoms with Gasteiger partial charge in [-0.2, -0.15) is 0 Å². The van der Waals surface area contributed by atoms with Crippen molar-refractivity contribution in [1.29, 1.82) is 0 Å². The molecule has 2 aliphatic heterocycles. The van der Waals surface area contributed by atoms with E-state index in [0.717, 1.165) is 43.6 Å². The lowest BCUT2D eigenvalue weighted by Gasteiger charge is -2.58. The molecule has 3 saturated carbocycles. The highest BCUT2D eigenvalue weighted by atomic mass is 16.7. The molecule has 6 rings (SSSR count). The highest BCUT2D eigenvalue weighted by Crippen LogP contribution is 2.70. The summed E-state index contributed by atoms with van der Waals surface area (Å²) in [5.41, 5.74) is 2.31. The van der Waals surface area contributed by atoms with Gasteiger partial charge < -0.3 is 14.6 Å². The molecule has 2 heterocycles. The van der Waals surface area contributed by atoms with Crippen molar-refractivity contribution in [3.8, 4) is 0 Å². The molecule has 0 aromatic heterocycles. The second kappa shape index (κ2) is 6.58. The van der Waals surface area contributed by atoms with Gasteiger partial charge in [0.2, 0.25) is 0 Å². The standard InChI is InChI=1S/C27H42O3/c1-16-7-12-27(29-15-16)17(2)24-23(30-27)14-22-20-6-5-18-13-19(28)8-10-25(18,3)21(20)9-11-26(22,24)4/h5,16-17,19-24,28H,6-15H2,1-4H3/t16-,17?,19?,20+,21-,22-,23-,24+,25-,26-,27+/m0/s1. The van der Waals surface area contributed by atoms with Crippen LogP contribution in [0.2, 0.25) is 0 Å². The van der Waals surface area contributed by atoms with Gasteiger partial charge in [-0.25, -0.2) is 0 Å². The molecule has 5 fully saturated rings. The summed E-state index contributed by atoms with van der Waals surface area (Å²) < 4.78 is 13.3. The lowest BCUT2D eigenvalue weighted by atomic mass is 9.47. The molecule has 0 bridgehead atoms. The molecule has 1 spiro atoms. The van der Waals surface area contributed by atoms with E-state index in [2.05, 4.69) is 33.8 Å². The van der Waals surface area contributed by atoms with Crippen LogP contribution in [-0.4, -0.2) is 29.7 Å². The third-order valence-electron chi connectivity index (χ3n) is 11.3. The first kappa shape index (κ1) is 20.2. The largest absolute Gasteiger partial charge is 0.393 e. The van der Waals surface area contributed by atoms with E-state index in [1.54, 1.807) is 5.57 Å². The smallest absolute Gasteiger partial charge is 0.171 e. The van der Waals surface area contributed by atoms with Gasteiger partial charge >= 0.3 is 0 Å². The van der Waals surface area contributed by atoms with Crippen LogP contribution in [0.15, 0.2) is 11.6 Å². The van der Waals surface area contributed by atoms with Crippen LogP contribution in [0.5, 0.6) is 0 Å². The van der Waals surface area contributed by atoms with Crippen LogP contribution in [0.4, 0.5) is 0 Å². The Hall–Kier alpha value is -0.380. The minimum atomic E-state index is -0.294. The zero-order valence-corrected chi connectivity index (χ0v) is 19.5. The summed E-state index contributed by atoms with van der Waals surface area (Å²) in [6.07, 6.45) is 13.5. The highest BCUT2D eigenvalue weighted by molar-refractivity contribution is 5.26. The van der Waals surface area contributed by atoms with Crippen molar-refractivity contribution in [2.75, 3.05) is 6.61 Å². The molecule has 11 atom stereocenters. The van der Waals surface area contributed by atoms with Crippen molar-refractivity contribution in [2.24, 2.45) is 46.3 Å². The molecular weight excluding hydrogens is 372 g/mol. The van der Waals surface area contributed by atoms with Gasteiger partial charge in [0, 0.05) is 12.3 Å². The first-order valence-corrected chi connectivity index (χ1v) is 13.0. The number of aliphatic hydroxyl groups excluding tert-OH is 1. The van der Waals surface area contributed by atoms with E-state index in [-0.39, 0.29) is 11.9 Å². The van der Waals surface area contributed by atoms with E-state index in [4.69, 9.17) is 9.47 Å². The Kier molecular flexibility index (Phi) is 4.44. The molecule has 0 aromatic carbocycles. The van der Waals surface area contributed by atoms with Crippen molar-refractivity contribution < 1.29 is 14.6 Å². The Morgan fingerprint density at radius 1 is 1.03 bits per heavy atom. The third-order valence-corrected chi connectivity index (χ3v) is 11.3. The van der Waals surface area contributed by atoms with E-state index in [1.807, 2.05) is 0 Å². The van der Waals surface area contributed by atoms with Gasteiger partial charge in [-0.1, -0.05) is 39.3 Å². The van der Waals surface area contributed by atoms with Crippen LogP contribution in [0.1, 0.15) is 85.5 Å². The molecule has 1 N–H and O–H groups in total. The summed E-state index contributed by atoms with van der Waals surface area (Å²) >= 11 is 0. The molecule has 168 valence electrons. The van der Waals surface area contributed by atoms with Gasteiger partial charge in [-0.05, 0) is 91.8 Å². The van der Waals surface area contributed by atoms with Gasteiger partial charge in [-0.15, -0.1) is 0 Å². The van der Waals surface area contributed by atoms with Gasteiger partial charge in [0.1, 0.15) is 0 Å². The van der Waals surface area contributed by atoms with Crippen LogP contribution in [0, 0.1) is 46.3 Å². The number of aliphatic hydroxyl groups is 1. The minimum absolute atomic E-state index is 0.107. The predicted molar refractivity (Wildman–Crippen MR) is 118 cm³/mol. The molecule has 3 heteroatoms. The second-order valence-electron chi connectivity index (χ2n) is 12.7. The highest BCUT2D eigenvalue weighted by Gasteiger charge is 2.68. The average molecular weight is 415 g/mol. The van der Waals surface area contributed by atoms with Crippen molar-refractivity contribution in [3.05, 3.63) is 11.6 Å². The second-order valence-corrected chi connectivity index (χ2v) is 12.7. The molecule has 3 nitrogen and oxygen atoms in total. The van der Waals surface area contributed by atoms with E-state index in [0.29, 0.717) is 34.7 Å². The lowest BCUT2D eigenvalue weighted by molar-refractivity contribution is -0.272. The third kappa shape index (κ3) is 2.55. The molecule has 6 aliphatic rings. The average Bonchev–Trinajstić information content (AvgIpc) is 3.16. The Morgan fingerprint density at radius 2 is 1.87 bits per heavy atom. The van der Waals surface area contributed by atoms with Gasteiger partial charge in [-0.3, -0.25) is 0 Å². The molecule has 4 aliphatic carbocycles. The summed E-state index contributed by atoms with van der Waals surface area (Å²) in [7, 11) is 0. The van der Waals surface area contributed by atoms with Crippen molar-refractivity contribution in [2.45, 2.75) is 103 Å². The maximum atomic E-state index is 10.3. The number of rotatable bonds is 0. The summed E-state index contributed by atoms with van der Waals surface area (Å²) in [4.78, 5) is 0. The van der Waals surface area contributed by atoms with Crippen molar-refractivity contribution in [3.63, 3.8) is 0 Å². The molecule has 30 heavy (non-hydrogen) atoms. The Morgan fingerprint density at radius 3 is 2.63 bits per heavy atom. The SMILES string of the molecule is CC1[C@@H]2[C@H](C[C@H]3[C@@H]4CC=C5CC(O)CC[C@]5(C)[C@H]4CC[C@]23C)O[C@]12CC[C@H](C)CO2. The van der Waals surface area contributed by atoms with Gasteiger partial charge in [0.15, 0.2) is 5.79 Å². The topological polar surface area (TPSA) is 38.7 Å². The quantitative estimate of drug-likeness (QED) is 0.516. The van der Waals surface area contributed by atoms with Crippen LogP contribution in [0.25, 0.3) is 0 Å². The molecule has 0 amide bonds. The number of hydrogen-bond acceptors (Lipinski definition) is 3. The summed E-state index contributed by atoms with van der Waals surface area (Å²) in [5, 5.41) is 10.3. The van der Waals surface area contributed by atoms with E-state index in [1.165, 1.54) is 38.5 Å². The van der Waals surface area contributed by atoms with Crippen LogP contribution >= 0.6 is 0 Å². The van der Waals surface area contributed by atoms with E-state index in [9.17, 15) is 5.11 Å². The fourth-order valence-electron chi connectivity index (χ4n) is 9.66. The van der Waals surface area contributed by atoms with Crippen LogP contribution in [-0.2, 0) is 9.47 Å². The monoisotopic (exact) mass is 414 g/mol. The number of allylic oxidation sites excluding steroid dienone is 1. The van der Waals surface area contributed by atoms with Gasteiger partial charge in [0.25, 0.3) is 0 Å². The predicted octanol–water partition coefficient (Wildman–Crippen LogP) is 5.71. The first-order chi connectivity index (χ1) is 14.3. The fraction of sp³-hybridized carbons (Fsp3) is 0.926. The Bertz CT molecular complexity index is 736. The molecule has 0 radical (unpaired) electrons. The normalized spacial score (nSPS) is 59.8. The summed E-state index contributed by atoms with van der Waals surface area (Å²) in [6.45, 7) is 10.8. The zero-order chi connectivity index (χ0) is 20.9. The van der Waals surface area contributed by atoms with Crippen LogP contribution in [0.3, 0.4) is 0 Å². The molecule has 0 aromatic rings. The molecular formula is C27H42O3. The molecule has 2 unspecified atom stereocenters. The zero-order valence-electron chi connectivity index (χ0n) is 19.5. The van der Waals surface area contributed by atoms with Crippen molar-refractivity contribution >= 4 is 0 Å². The van der Waals surface area contributed by atoms with Gasteiger partial charge in [0.05, 0.1) is 18.8 Å². The lowest BCUT2D eigenvalue weighted by Crippen LogP contribution is -2.52. The van der Waals surface area contributed by atoms with E-state index >= 15 is 0 Å². The van der Waals surface area contributed by atoms with E-state index < -0.39 is 0 Å². The summed E-state index contributed by atoms with van der Waals surface area (Å²) in [6, 6.07) is 0. The summed E-state index contributed by atoms with van der Waals surface area (Å²) in [5.74, 6) is 3.94. The number of hydrogen-bond donors (Lipinski definition) is 1. The fourth-order valence-corrected chi connectivity index (χ4v) is 9.66. The van der Waals surface area contributed by atoms with Crippen LogP contribution < -0.4 is 0 Å². The van der Waals surface area contributed by atoms with Crippen molar-refractivity contribution in [1.82, 2.24) is 0 Å². The molecule has 2 saturated heterocycles. The minimum Gasteiger partial charge on any atom is -0.393 e.